The van der Waals surface area contributed by atoms with Crippen LogP contribution in [-0.2, 0) is 10.0 Å². The van der Waals surface area contributed by atoms with Crippen molar-refractivity contribution < 1.29 is 17.9 Å². The Bertz CT molecular complexity index is 1500. The van der Waals surface area contributed by atoms with E-state index in [-0.39, 0.29) is 27.2 Å². The Hall–Kier alpha value is -3.23. The highest BCUT2D eigenvalue weighted by atomic mass is 35.5. The molecule has 5 N–H and O–H groups in total. The van der Waals surface area contributed by atoms with Crippen LogP contribution in [0, 0.1) is 12.3 Å². The van der Waals surface area contributed by atoms with E-state index in [1.165, 1.54) is 42.3 Å². The molecule has 208 valence electrons. The van der Waals surface area contributed by atoms with Gasteiger partial charge in [-0.15, -0.1) is 0 Å². The molecular formula is C24H28Cl2N8O4S. The molecular weight excluding hydrogens is 567 g/mol. The number of nitrogens with two attached hydrogens (primary N) is 2. The van der Waals surface area contributed by atoms with Gasteiger partial charge in [0.1, 0.15) is 0 Å². The first-order valence-corrected chi connectivity index (χ1v) is 14.3. The molecule has 4 rings (SSSR count). The van der Waals surface area contributed by atoms with E-state index in [1.807, 2.05) is 4.90 Å². The Balaban J connectivity index is 1.56. The van der Waals surface area contributed by atoms with E-state index in [9.17, 15) is 8.42 Å². The fourth-order valence-electron chi connectivity index (χ4n) is 4.07. The molecule has 3 aromatic rings. The molecule has 1 atom stereocenters. The second-order valence-electron chi connectivity index (χ2n) is 8.84. The number of aromatic nitrogens is 3. The highest BCUT2D eigenvalue weighted by Crippen LogP contribution is 2.38. The monoisotopic (exact) mass is 594 g/mol. The summed E-state index contributed by atoms with van der Waals surface area (Å²) in [6, 6.07) is 3.08. The minimum absolute atomic E-state index is 0.0536. The van der Waals surface area contributed by atoms with Gasteiger partial charge in [-0.3, -0.25) is 16.1 Å². The Morgan fingerprint density at radius 3 is 2.31 bits per heavy atom. The van der Waals surface area contributed by atoms with Gasteiger partial charge in [-0.1, -0.05) is 23.2 Å². The number of hydrogen-bond donors (Lipinski definition) is 3. The predicted octanol–water partition coefficient (Wildman–Crippen LogP) is 2.61. The number of methoxy groups -OCH3 is 1. The molecule has 0 saturated carbocycles. The molecule has 1 aromatic carbocycles. The molecule has 39 heavy (non-hydrogen) atoms. The maximum absolute atomic E-state index is 11.8. The van der Waals surface area contributed by atoms with E-state index in [0.717, 1.165) is 0 Å². The number of hydrogen-bond acceptors (Lipinski definition) is 11. The van der Waals surface area contributed by atoms with Crippen molar-refractivity contribution in [3.63, 3.8) is 0 Å². The van der Waals surface area contributed by atoms with Gasteiger partial charge in [-0.2, -0.15) is 4.31 Å². The molecule has 2 aromatic heterocycles. The van der Waals surface area contributed by atoms with Gasteiger partial charge in [0.15, 0.2) is 17.7 Å². The van der Waals surface area contributed by atoms with Gasteiger partial charge in [0.2, 0.25) is 16.0 Å². The summed E-state index contributed by atoms with van der Waals surface area (Å²) in [5.41, 5.74) is 14.5. The van der Waals surface area contributed by atoms with Crippen LogP contribution >= 0.6 is 23.2 Å². The number of nitrogens with one attached hydrogen (secondary N) is 1. The molecule has 1 aliphatic heterocycles. The molecule has 0 bridgehead atoms. The topological polar surface area (TPSA) is 174 Å². The van der Waals surface area contributed by atoms with Crippen molar-refractivity contribution in [2.45, 2.75) is 13.2 Å². The van der Waals surface area contributed by atoms with E-state index in [2.05, 4.69) is 15.0 Å². The first kappa shape index (κ1) is 28.8. The number of pyridine rings is 1. The van der Waals surface area contributed by atoms with Crippen molar-refractivity contribution in [3.8, 4) is 11.5 Å². The Morgan fingerprint density at radius 1 is 1.08 bits per heavy atom. The summed E-state index contributed by atoms with van der Waals surface area (Å²) in [6.07, 6.45) is 4.61. The predicted molar refractivity (Wildman–Crippen MR) is 151 cm³/mol. The van der Waals surface area contributed by atoms with Crippen LogP contribution in [0.3, 0.4) is 0 Å². The zero-order valence-corrected chi connectivity index (χ0v) is 23.8. The van der Waals surface area contributed by atoms with Crippen LogP contribution in [0.2, 0.25) is 10.0 Å². The summed E-state index contributed by atoms with van der Waals surface area (Å²) in [7, 11) is -1.78. The lowest BCUT2D eigenvalue weighted by atomic mass is 10.0. The minimum Gasteiger partial charge on any atom is -0.493 e. The van der Waals surface area contributed by atoms with Crippen LogP contribution in [0.4, 0.5) is 11.6 Å². The van der Waals surface area contributed by atoms with Crippen molar-refractivity contribution in [1.29, 1.82) is 5.41 Å². The van der Waals surface area contributed by atoms with E-state index in [0.29, 0.717) is 60.3 Å². The zero-order chi connectivity index (χ0) is 28.5. The Labute approximate surface area is 236 Å². The molecule has 0 amide bonds. The van der Waals surface area contributed by atoms with Gasteiger partial charge in [0.25, 0.3) is 0 Å². The number of sulfonamides is 1. The molecule has 0 unspecified atom stereocenters. The summed E-state index contributed by atoms with van der Waals surface area (Å²) in [5.74, 6) is 0.970. The van der Waals surface area contributed by atoms with Crippen molar-refractivity contribution in [2.75, 3.05) is 50.2 Å². The molecule has 0 aliphatic carbocycles. The molecule has 3 heterocycles. The summed E-state index contributed by atoms with van der Waals surface area (Å²) in [4.78, 5) is 14.8. The minimum atomic E-state index is -3.24. The highest BCUT2D eigenvalue weighted by molar-refractivity contribution is 7.88. The number of benzene rings is 1. The number of nitrogen functional groups attached to an aromatic ring is 1. The number of halogens is 2. The van der Waals surface area contributed by atoms with E-state index >= 15 is 0 Å². The van der Waals surface area contributed by atoms with Gasteiger partial charge < -0.3 is 20.1 Å². The van der Waals surface area contributed by atoms with Gasteiger partial charge in [0.05, 0.1) is 34.8 Å². The molecule has 1 aliphatic rings. The lowest BCUT2D eigenvalue weighted by molar-refractivity contribution is 0.204. The van der Waals surface area contributed by atoms with E-state index in [4.69, 9.17) is 49.6 Å². The average molecular weight is 596 g/mol. The van der Waals surface area contributed by atoms with E-state index in [1.54, 1.807) is 13.0 Å². The summed E-state index contributed by atoms with van der Waals surface area (Å²) in [6.45, 7) is 3.34. The number of piperazine rings is 1. The smallest absolute Gasteiger partial charge is 0.225 e. The van der Waals surface area contributed by atoms with Crippen molar-refractivity contribution in [1.82, 2.24) is 19.3 Å². The molecule has 1 fully saturated rings. The first-order valence-electron chi connectivity index (χ1n) is 11.7. The van der Waals surface area contributed by atoms with Crippen LogP contribution in [-0.4, -0.2) is 72.9 Å². The number of rotatable bonds is 8. The fourth-order valence-corrected chi connectivity index (χ4v) is 5.45. The van der Waals surface area contributed by atoms with E-state index < -0.39 is 16.3 Å². The third-order valence-corrected chi connectivity index (χ3v) is 8.33. The second kappa shape index (κ2) is 11.5. The van der Waals surface area contributed by atoms with Crippen LogP contribution in [0.5, 0.6) is 11.5 Å². The standard InChI is InChI=1S/C24H28Cl2N8O4S/c1-13-21(26)20(16(25)12-30-13)23(29)38-19-8-15(17(27)9-18(19)37-2)22(28)14-10-31-24(32-11-14)33-4-6-34(7-5-33)39(3,35)36/h8-12,23,28H,4-7,27,29H2,1-3H3/t23-/m0/s1. The maximum Gasteiger partial charge on any atom is 0.225 e. The lowest BCUT2D eigenvalue weighted by Crippen LogP contribution is -2.48. The van der Waals surface area contributed by atoms with Crippen LogP contribution in [0.15, 0.2) is 30.7 Å². The third-order valence-electron chi connectivity index (χ3n) is 6.24. The highest BCUT2D eigenvalue weighted by Gasteiger charge is 2.25. The SMILES string of the molecule is COc1cc(N)c(C(=N)c2cnc(N3CCN(S(C)(=O)=O)CC3)nc2)cc1O[C@H](N)c1c(Cl)cnc(C)c1Cl. The normalized spacial score (nSPS) is 15.2. The molecule has 1 saturated heterocycles. The summed E-state index contributed by atoms with van der Waals surface area (Å²) >= 11 is 12.7. The van der Waals surface area contributed by atoms with Crippen molar-refractivity contribution in [2.24, 2.45) is 5.73 Å². The van der Waals surface area contributed by atoms with Gasteiger partial charge >= 0.3 is 0 Å². The van der Waals surface area contributed by atoms with Crippen molar-refractivity contribution >= 4 is 50.6 Å². The molecule has 0 spiro atoms. The number of nitrogens with zero attached hydrogens (tertiary/aromatic N) is 5. The maximum atomic E-state index is 11.8. The quantitative estimate of drug-likeness (QED) is 0.200. The fraction of sp³-hybridized carbons (Fsp3) is 0.333. The summed E-state index contributed by atoms with van der Waals surface area (Å²) in [5, 5.41) is 9.29. The van der Waals surface area contributed by atoms with Crippen LogP contribution in [0.25, 0.3) is 0 Å². The Kier molecular flexibility index (Phi) is 8.47. The number of ether oxygens (including phenoxy) is 2. The third kappa shape index (κ3) is 6.17. The Morgan fingerprint density at radius 2 is 1.72 bits per heavy atom. The molecule has 12 nitrogen and oxygen atoms in total. The summed E-state index contributed by atoms with van der Waals surface area (Å²) < 4.78 is 36.3. The molecule has 15 heteroatoms. The number of aryl methyl sites for hydroxylation is 1. The molecule has 0 radical (unpaired) electrons. The van der Waals surface area contributed by atoms with Gasteiger partial charge in [0, 0.05) is 73.2 Å². The average Bonchev–Trinajstić information content (AvgIpc) is 2.91. The van der Waals surface area contributed by atoms with Gasteiger partial charge in [-0.05, 0) is 13.0 Å². The number of anilines is 2. The largest absolute Gasteiger partial charge is 0.493 e. The van der Waals surface area contributed by atoms with Gasteiger partial charge in [-0.25, -0.2) is 18.4 Å². The van der Waals surface area contributed by atoms with Crippen LogP contribution in [0.1, 0.15) is 28.6 Å². The lowest BCUT2D eigenvalue weighted by Gasteiger charge is -2.33. The van der Waals surface area contributed by atoms with Crippen molar-refractivity contribution in [3.05, 3.63) is 63.2 Å². The zero-order valence-electron chi connectivity index (χ0n) is 21.5. The first-order chi connectivity index (χ1) is 18.4. The second-order valence-corrected chi connectivity index (χ2v) is 11.6. The van der Waals surface area contributed by atoms with Crippen LogP contribution < -0.4 is 25.8 Å².